The van der Waals surface area contributed by atoms with Crippen molar-refractivity contribution >= 4 is 32.6 Å². The molecule has 1 unspecified atom stereocenters. The molecule has 0 aliphatic heterocycles. The lowest BCUT2D eigenvalue weighted by molar-refractivity contribution is -0.384. The van der Waals surface area contributed by atoms with Gasteiger partial charge in [0.25, 0.3) is 5.69 Å². The second kappa shape index (κ2) is 11.8. The fraction of sp³-hybridized carbons (Fsp3) is 0.0968. The Balaban J connectivity index is 1.41. The van der Waals surface area contributed by atoms with Gasteiger partial charge in [0.1, 0.15) is 23.6 Å². The molecule has 1 N–H and O–H groups in total. The van der Waals surface area contributed by atoms with Gasteiger partial charge in [-0.1, -0.05) is 48.0 Å². The van der Waals surface area contributed by atoms with Crippen LogP contribution in [0.25, 0.3) is 22.1 Å². The molecule has 1 aromatic heterocycles. The number of fused-ring (bicyclic) bond motifs is 1. The number of non-ortho nitro benzene ring substituents is 1. The largest absolute Gasteiger partial charge is 0.463 e. The Bertz CT molecular complexity index is 1940. The van der Waals surface area contributed by atoms with Gasteiger partial charge in [-0.25, -0.2) is 13.2 Å². The summed E-state index contributed by atoms with van der Waals surface area (Å²) in [7, 11) is -4.06. The third-order valence-electron chi connectivity index (χ3n) is 6.55. The van der Waals surface area contributed by atoms with Crippen LogP contribution in [0, 0.1) is 17.0 Å². The van der Waals surface area contributed by atoms with Crippen LogP contribution < -0.4 is 14.9 Å². The highest BCUT2D eigenvalue weighted by Gasteiger charge is 2.28. The Morgan fingerprint density at radius 3 is 2.33 bits per heavy atom. The van der Waals surface area contributed by atoms with Gasteiger partial charge in [-0.2, -0.15) is 4.72 Å². The van der Waals surface area contributed by atoms with Crippen LogP contribution in [0.4, 0.5) is 5.69 Å². The fourth-order valence-electron chi connectivity index (χ4n) is 4.32. The van der Waals surface area contributed by atoms with Crippen molar-refractivity contribution in [3.8, 4) is 16.9 Å². The van der Waals surface area contributed by atoms with Crippen molar-refractivity contribution in [1.29, 1.82) is 0 Å². The first-order chi connectivity index (χ1) is 20.1. The Hall–Kier alpha value is -5.13. The molecule has 5 aromatic rings. The summed E-state index contributed by atoms with van der Waals surface area (Å²) in [5.41, 5.74) is 1.90. The van der Waals surface area contributed by atoms with E-state index >= 15 is 0 Å². The lowest BCUT2D eigenvalue weighted by Gasteiger charge is -2.18. The van der Waals surface area contributed by atoms with E-state index in [1.54, 1.807) is 36.4 Å². The van der Waals surface area contributed by atoms with E-state index in [0.717, 1.165) is 5.56 Å². The summed E-state index contributed by atoms with van der Waals surface area (Å²) in [6.45, 7) is 1.83. The molecule has 0 saturated carbocycles. The maximum atomic E-state index is 13.3. The predicted octanol–water partition coefficient (Wildman–Crippen LogP) is 5.17. The number of nitro benzene ring substituents is 1. The normalized spacial score (nSPS) is 12.1. The predicted molar refractivity (Wildman–Crippen MR) is 156 cm³/mol. The molecule has 0 aliphatic rings. The van der Waals surface area contributed by atoms with Crippen molar-refractivity contribution in [3.05, 3.63) is 135 Å². The van der Waals surface area contributed by atoms with Crippen molar-refractivity contribution in [1.82, 2.24) is 4.72 Å². The van der Waals surface area contributed by atoms with Crippen LogP contribution in [-0.2, 0) is 21.2 Å². The first-order valence-corrected chi connectivity index (χ1v) is 14.2. The van der Waals surface area contributed by atoms with E-state index in [-0.39, 0.29) is 44.7 Å². The van der Waals surface area contributed by atoms with Gasteiger partial charge in [0.2, 0.25) is 10.0 Å². The van der Waals surface area contributed by atoms with E-state index in [1.807, 2.05) is 13.0 Å². The SMILES string of the molecule is Cc1ccc(S(=O)(=O)NC(Cc2ccccc2)C(=O)Oc2ccc3c(=O)c(-c4ccc([N+](=O)[O-])cc4)coc3c2)cc1. The maximum absolute atomic E-state index is 13.3. The maximum Gasteiger partial charge on any atom is 0.329 e. The number of nitrogens with zero attached hydrogens (tertiary/aromatic N) is 1. The number of carbonyl (C=O) groups excluding carboxylic acids is 1. The first-order valence-electron chi connectivity index (χ1n) is 12.8. The number of nitro groups is 1. The molecule has 0 spiro atoms. The summed E-state index contributed by atoms with van der Waals surface area (Å²) in [5.74, 6) is -0.801. The number of sulfonamides is 1. The Labute approximate surface area is 240 Å². The molecule has 0 amide bonds. The number of esters is 1. The number of hydrogen-bond donors (Lipinski definition) is 1. The minimum Gasteiger partial charge on any atom is -0.463 e. The van der Waals surface area contributed by atoms with Crippen LogP contribution >= 0.6 is 0 Å². The molecule has 5 rings (SSSR count). The Kier molecular flexibility index (Phi) is 7.96. The lowest BCUT2D eigenvalue weighted by Crippen LogP contribution is -2.44. The van der Waals surface area contributed by atoms with Gasteiger partial charge >= 0.3 is 5.97 Å². The molecule has 1 heterocycles. The second-order valence-electron chi connectivity index (χ2n) is 9.54. The number of ether oxygens (including phenoxy) is 1. The van der Waals surface area contributed by atoms with E-state index < -0.39 is 27.0 Å². The van der Waals surface area contributed by atoms with Crippen molar-refractivity contribution in [2.24, 2.45) is 0 Å². The van der Waals surface area contributed by atoms with Crippen LogP contribution in [0.15, 0.2) is 117 Å². The molecule has 42 heavy (non-hydrogen) atoms. The molecule has 0 aliphatic carbocycles. The zero-order valence-electron chi connectivity index (χ0n) is 22.2. The average molecular weight is 585 g/mol. The van der Waals surface area contributed by atoms with Crippen LogP contribution in [0.1, 0.15) is 11.1 Å². The number of hydrogen-bond acceptors (Lipinski definition) is 8. The Morgan fingerprint density at radius 2 is 1.67 bits per heavy atom. The standard InChI is InChI=1S/C31H24N2O8S/c1-20-7-14-25(15-8-20)42(38,39)32-28(17-21-5-3-2-4-6-21)31(35)41-24-13-16-26-29(18-24)40-19-27(30(26)34)22-9-11-23(12-10-22)33(36)37/h2-16,18-19,28,32H,17H2,1H3. The molecule has 4 aromatic carbocycles. The molecule has 1 atom stereocenters. The minimum atomic E-state index is -4.06. The lowest BCUT2D eigenvalue weighted by atomic mass is 10.1. The van der Waals surface area contributed by atoms with Crippen molar-refractivity contribution in [3.63, 3.8) is 0 Å². The molecule has 10 nitrogen and oxygen atoms in total. The Morgan fingerprint density at radius 1 is 0.976 bits per heavy atom. The highest BCUT2D eigenvalue weighted by Crippen LogP contribution is 2.25. The fourth-order valence-corrected chi connectivity index (χ4v) is 5.50. The number of nitrogens with one attached hydrogen (secondary N) is 1. The molecular weight excluding hydrogens is 560 g/mol. The topological polar surface area (TPSA) is 146 Å². The molecule has 0 bridgehead atoms. The van der Waals surface area contributed by atoms with Gasteiger partial charge in [-0.15, -0.1) is 0 Å². The molecule has 11 heteroatoms. The summed E-state index contributed by atoms with van der Waals surface area (Å²) in [6.07, 6.45) is 1.26. The third kappa shape index (κ3) is 6.27. The quantitative estimate of drug-likeness (QED) is 0.108. The van der Waals surface area contributed by atoms with Crippen molar-refractivity contribution in [2.45, 2.75) is 24.3 Å². The highest BCUT2D eigenvalue weighted by molar-refractivity contribution is 7.89. The summed E-state index contributed by atoms with van der Waals surface area (Å²) >= 11 is 0. The van der Waals surface area contributed by atoms with Crippen LogP contribution in [0.5, 0.6) is 5.75 Å². The molecular formula is C31H24N2O8S. The van der Waals surface area contributed by atoms with E-state index in [4.69, 9.17) is 9.15 Å². The van der Waals surface area contributed by atoms with Gasteiger partial charge in [0, 0.05) is 18.2 Å². The smallest absolute Gasteiger partial charge is 0.329 e. The number of carbonyl (C=O) groups is 1. The molecule has 0 radical (unpaired) electrons. The van der Waals surface area contributed by atoms with Gasteiger partial charge in [-0.05, 0) is 60.9 Å². The van der Waals surface area contributed by atoms with Gasteiger partial charge in [-0.3, -0.25) is 14.9 Å². The van der Waals surface area contributed by atoms with Crippen molar-refractivity contribution in [2.75, 3.05) is 0 Å². The molecule has 0 saturated heterocycles. The average Bonchev–Trinajstić information content (AvgIpc) is 2.98. The third-order valence-corrected chi connectivity index (χ3v) is 8.04. The number of benzene rings is 4. The van der Waals surface area contributed by atoms with Gasteiger partial charge < -0.3 is 9.15 Å². The summed E-state index contributed by atoms with van der Waals surface area (Å²) < 4.78 is 39.9. The van der Waals surface area contributed by atoms with Crippen molar-refractivity contribution < 1.29 is 27.3 Å². The number of aryl methyl sites for hydroxylation is 1. The van der Waals surface area contributed by atoms with Crippen LogP contribution in [0.3, 0.4) is 0 Å². The minimum absolute atomic E-state index is 0.00951. The molecule has 212 valence electrons. The first kappa shape index (κ1) is 28.4. The zero-order valence-corrected chi connectivity index (χ0v) is 23.0. The van der Waals surface area contributed by atoms with E-state index in [2.05, 4.69) is 4.72 Å². The zero-order chi connectivity index (χ0) is 29.9. The summed E-state index contributed by atoms with van der Waals surface area (Å²) in [5, 5.41) is 11.1. The van der Waals surface area contributed by atoms with Gasteiger partial charge in [0.15, 0.2) is 5.43 Å². The summed E-state index contributed by atoms with van der Waals surface area (Å²) in [4.78, 5) is 36.8. The molecule has 0 fully saturated rings. The monoisotopic (exact) mass is 584 g/mol. The second-order valence-corrected chi connectivity index (χ2v) is 11.3. The van der Waals surface area contributed by atoms with Crippen LogP contribution in [0.2, 0.25) is 0 Å². The highest BCUT2D eigenvalue weighted by atomic mass is 32.2. The van der Waals surface area contributed by atoms with E-state index in [1.165, 1.54) is 60.9 Å². The summed E-state index contributed by atoms with van der Waals surface area (Å²) in [6, 6.07) is 23.6. The van der Waals surface area contributed by atoms with Gasteiger partial charge in [0.05, 0.1) is 20.8 Å². The van der Waals surface area contributed by atoms with E-state index in [9.17, 15) is 28.1 Å². The van der Waals surface area contributed by atoms with E-state index in [0.29, 0.717) is 11.1 Å². The number of rotatable bonds is 9. The van der Waals surface area contributed by atoms with Crippen LogP contribution in [-0.4, -0.2) is 25.4 Å².